The van der Waals surface area contributed by atoms with Crippen molar-refractivity contribution in [3.63, 3.8) is 0 Å². The van der Waals surface area contributed by atoms with Crippen LogP contribution in [-0.4, -0.2) is 45.4 Å². The molecule has 0 atom stereocenters. The summed E-state index contributed by atoms with van der Waals surface area (Å²) < 4.78 is 37.9. The Morgan fingerprint density at radius 1 is 1.19 bits per heavy atom. The predicted molar refractivity (Wildman–Crippen MR) is 100 cm³/mol. The van der Waals surface area contributed by atoms with Gasteiger partial charge in [-0.25, -0.2) is 8.42 Å². The number of hydrogen-bond acceptors (Lipinski definition) is 5. The molecule has 2 aliphatic rings. The Balaban J connectivity index is 1.57. The molecule has 2 aromatic rings. The summed E-state index contributed by atoms with van der Waals surface area (Å²) in [7, 11) is -2.11. The fourth-order valence-electron chi connectivity index (χ4n) is 3.12. The van der Waals surface area contributed by atoms with Gasteiger partial charge in [0.15, 0.2) is 6.61 Å². The van der Waals surface area contributed by atoms with E-state index in [0.29, 0.717) is 11.4 Å². The Morgan fingerprint density at radius 2 is 2.04 bits per heavy atom. The Labute approximate surface area is 157 Å². The summed E-state index contributed by atoms with van der Waals surface area (Å²) in [5.41, 5.74) is 2.22. The van der Waals surface area contributed by atoms with Crippen LogP contribution in [0.5, 0.6) is 11.5 Å². The second-order valence-corrected chi connectivity index (χ2v) is 8.19. The summed E-state index contributed by atoms with van der Waals surface area (Å²) >= 11 is 0. The molecule has 0 bridgehead atoms. The molecule has 0 saturated heterocycles. The zero-order chi connectivity index (χ0) is 19.0. The zero-order valence-electron chi connectivity index (χ0n) is 14.6. The van der Waals surface area contributed by atoms with Gasteiger partial charge in [0.05, 0.1) is 17.7 Å². The summed E-state index contributed by atoms with van der Waals surface area (Å²) in [5, 5.41) is 2.64. The number of anilines is 1. The molecule has 2 aromatic carbocycles. The van der Waals surface area contributed by atoms with E-state index < -0.39 is 10.0 Å². The molecule has 4 rings (SSSR count). The third-order valence-electron chi connectivity index (χ3n) is 4.55. The second-order valence-electron chi connectivity index (χ2n) is 6.25. The van der Waals surface area contributed by atoms with E-state index in [1.165, 1.54) is 16.4 Å². The Bertz CT molecular complexity index is 1050. The van der Waals surface area contributed by atoms with Crippen molar-refractivity contribution < 1.29 is 22.7 Å². The first-order valence-electron chi connectivity index (χ1n) is 8.38. The number of rotatable bonds is 4. The highest BCUT2D eigenvalue weighted by molar-refractivity contribution is 7.89. The van der Waals surface area contributed by atoms with E-state index in [9.17, 15) is 13.2 Å². The molecule has 7 nitrogen and oxygen atoms in total. The van der Waals surface area contributed by atoms with Crippen LogP contribution >= 0.6 is 0 Å². The zero-order valence-corrected chi connectivity index (χ0v) is 15.5. The van der Waals surface area contributed by atoms with E-state index in [1.54, 1.807) is 13.2 Å². The van der Waals surface area contributed by atoms with Gasteiger partial charge in [-0.2, -0.15) is 4.31 Å². The van der Waals surface area contributed by atoms with Gasteiger partial charge in [0, 0.05) is 13.1 Å². The number of nitrogens with one attached hydrogen (secondary N) is 1. The van der Waals surface area contributed by atoms with Gasteiger partial charge < -0.3 is 14.8 Å². The molecule has 0 radical (unpaired) electrons. The third kappa shape index (κ3) is 3.29. The summed E-state index contributed by atoms with van der Waals surface area (Å²) in [6, 6.07) is 12.0. The van der Waals surface area contributed by atoms with E-state index in [2.05, 4.69) is 5.32 Å². The molecule has 0 saturated carbocycles. The largest absolute Gasteiger partial charge is 0.497 e. The van der Waals surface area contributed by atoms with Crippen molar-refractivity contribution in [1.82, 2.24) is 4.31 Å². The van der Waals surface area contributed by atoms with Crippen LogP contribution in [-0.2, 0) is 14.8 Å². The maximum Gasteiger partial charge on any atom is 0.262 e. The molecule has 0 aliphatic carbocycles. The van der Waals surface area contributed by atoms with Crippen molar-refractivity contribution in [2.75, 3.05) is 32.1 Å². The van der Waals surface area contributed by atoms with Crippen LogP contribution in [0.3, 0.4) is 0 Å². The molecule has 0 aromatic heterocycles. The first-order valence-corrected chi connectivity index (χ1v) is 9.82. The molecule has 0 fully saturated rings. The number of nitrogens with zero attached hydrogens (tertiary/aromatic N) is 1. The topological polar surface area (TPSA) is 84.9 Å². The lowest BCUT2D eigenvalue weighted by molar-refractivity contribution is -0.118. The highest BCUT2D eigenvalue weighted by atomic mass is 32.2. The Hall–Kier alpha value is -2.84. The van der Waals surface area contributed by atoms with Gasteiger partial charge in [-0.15, -0.1) is 0 Å². The molecular formula is C19H18N2O5S. The van der Waals surface area contributed by atoms with Crippen LogP contribution in [0.2, 0.25) is 0 Å². The van der Waals surface area contributed by atoms with Crippen LogP contribution in [0.15, 0.2) is 53.4 Å². The van der Waals surface area contributed by atoms with Crippen molar-refractivity contribution >= 4 is 27.2 Å². The number of carbonyl (C=O) groups excluding carboxylic acids is 1. The van der Waals surface area contributed by atoms with Gasteiger partial charge in [0.25, 0.3) is 5.91 Å². The van der Waals surface area contributed by atoms with Gasteiger partial charge in [-0.05, 0) is 41.5 Å². The Kier molecular flexibility index (Phi) is 4.37. The second kappa shape index (κ2) is 6.71. The SMILES string of the molecule is COc1cccc(C2=CCN(S(=O)(=O)c3ccc4c(c3)NC(=O)CO4)C2)c1. The number of carbonyl (C=O) groups is 1. The third-order valence-corrected chi connectivity index (χ3v) is 6.36. The summed E-state index contributed by atoms with van der Waals surface area (Å²) in [6.07, 6.45) is 1.90. The predicted octanol–water partition coefficient (Wildman–Crippen LogP) is 2.11. The highest BCUT2D eigenvalue weighted by Crippen LogP contribution is 2.33. The number of amides is 1. The molecule has 0 spiro atoms. The molecule has 1 N–H and O–H groups in total. The number of ether oxygens (including phenoxy) is 2. The van der Waals surface area contributed by atoms with Gasteiger partial charge in [0.1, 0.15) is 11.5 Å². The van der Waals surface area contributed by atoms with Gasteiger partial charge in [-0.3, -0.25) is 4.79 Å². The first kappa shape index (κ1) is 17.6. The van der Waals surface area contributed by atoms with E-state index >= 15 is 0 Å². The van der Waals surface area contributed by atoms with Gasteiger partial charge in [0.2, 0.25) is 10.0 Å². The number of fused-ring (bicyclic) bond motifs is 1. The number of benzene rings is 2. The van der Waals surface area contributed by atoms with Gasteiger partial charge >= 0.3 is 0 Å². The van der Waals surface area contributed by atoms with Gasteiger partial charge in [-0.1, -0.05) is 18.2 Å². The monoisotopic (exact) mass is 386 g/mol. The molecule has 8 heteroatoms. The number of methoxy groups -OCH3 is 1. The smallest absolute Gasteiger partial charge is 0.262 e. The van der Waals surface area contributed by atoms with Crippen molar-refractivity contribution in [2.45, 2.75) is 4.90 Å². The average Bonchev–Trinajstić information content (AvgIpc) is 3.18. The fraction of sp³-hybridized carbons (Fsp3) is 0.211. The molecular weight excluding hydrogens is 368 g/mol. The van der Waals surface area contributed by atoms with Crippen LogP contribution < -0.4 is 14.8 Å². The Morgan fingerprint density at radius 3 is 2.85 bits per heavy atom. The van der Waals surface area contributed by atoms with E-state index in [1.807, 2.05) is 30.3 Å². The molecule has 2 heterocycles. The lowest BCUT2D eigenvalue weighted by atomic mass is 10.1. The van der Waals surface area contributed by atoms with Crippen molar-refractivity contribution in [3.05, 3.63) is 54.1 Å². The van der Waals surface area contributed by atoms with Crippen LogP contribution in [0, 0.1) is 0 Å². The lowest BCUT2D eigenvalue weighted by Gasteiger charge is -2.21. The quantitative estimate of drug-likeness (QED) is 0.870. The minimum atomic E-state index is -3.70. The van der Waals surface area contributed by atoms with Crippen LogP contribution in [0.25, 0.3) is 5.57 Å². The van der Waals surface area contributed by atoms with E-state index in [-0.39, 0.29) is 30.5 Å². The van der Waals surface area contributed by atoms with Crippen molar-refractivity contribution in [2.24, 2.45) is 0 Å². The molecule has 2 aliphatic heterocycles. The normalized spacial score (nSPS) is 16.9. The van der Waals surface area contributed by atoms with Crippen LogP contribution in [0.4, 0.5) is 5.69 Å². The van der Waals surface area contributed by atoms with E-state index in [0.717, 1.165) is 16.9 Å². The average molecular weight is 386 g/mol. The number of hydrogen-bond donors (Lipinski definition) is 1. The standard InChI is InChI=1S/C19H18N2O5S/c1-25-15-4-2-3-13(9-15)14-7-8-21(11-14)27(23,24)16-5-6-18-17(10-16)20-19(22)12-26-18/h2-7,9-10H,8,11-12H2,1H3,(H,20,22). The maximum absolute atomic E-state index is 13.0. The maximum atomic E-state index is 13.0. The molecule has 27 heavy (non-hydrogen) atoms. The number of sulfonamides is 1. The first-order chi connectivity index (χ1) is 13.0. The molecule has 0 unspecified atom stereocenters. The summed E-state index contributed by atoms with van der Waals surface area (Å²) in [6.45, 7) is 0.489. The minimum Gasteiger partial charge on any atom is -0.497 e. The minimum absolute atomic E-state index is 0.0704. The van der Waals surface area contributed by atoms with Crippen molar-refractivity contribution in [3.8, 4) is 11.5 Å². The molecule has 140 valence electrons. The lowest BCUT2D eigenvalue weighted by Crippen LogP contribution is -2.30. The highest BCUT2D eigenvalue weighted by Gasteiger charge is 2.30. The van der Waals surface area contributed by atoms with Crippen molar-refractivity contribution in [1.29, 1.82) is 0 Å². The summed E-state index contributed by atoms with van der Waals surface area (Å²) in [5.74, 6) is 0.880. The van der Waals surface area contributed by atoms with Crippen LogP contribution in [0.1, 0.15) is 5.56 Å². The van der Waals surface area contributed by atoms with E-state index in [4.69, 9.17) is 9.47 Å². The molecule has 1 amide bonds. The fourth-order valence-corrected chi connectivity index (χ4v) is 4.50. The summed E-state index contributed by atoms with van der Waals surface area (Å²) in [4.78, 5) is 11.6.